The molecule has 1 saturated carbocycles. The van der Waals surface area contributed by atoms with Gasteiger partial charge in [0.05, 0.1) is 17.5 Å². The van der Waals surface area contributed by atoms with E-state index >= 15 is 0 Å². The lowest BCUT2D eigenvalue weighted by Crippen LogP contribution is -2.40. The molecule has 0 spiro atoms. The molecule has 5 heteroatoms. The minimum atomic E-state index is -0.0192. The summed E-state index contributed by atoms with van der Waals surface area (Å²) in [5.74, 6) is 0.982. The predicted octanol–water partition coefficient (Wildman–Crippen LogP) is 1.81. The standard InChI is InChI=1S/C16H24N4O/c1-10(2)20-8-11(3)15(9-20)18-16(21)13-6-14(12-4-5-12)19-17-7-13/h6-7,10-12,15H,4-5,8-9H2,1-3H3,(H,18,21)/t11-,15+/m1/s1. The van der Waals surface area contributed by atoms with Gasteiger partial charge in [-0.25, -0.2) is 0 Å². The van der Waals surface area contributed by atoms with E-state index in [1.54, 1.807) is 6.20 Å². The number of carbonyl (C=O) groups excluding carboxylic acids is 1. The molecule has 3 rings (SSSR count). The first-order valence-electron chi connectivity index (χ1n) is 7.92. The van der Waals surface area contributed by atoms with Gasteiger partial charge < -0.3 is 5.32 Å². The Balaban J connectivity index is 1.64. The molecule has 0 aromatic carbocycles. The van der Waals surface area contributed by atoms with Gasteiger partial charge in [0.1, 0.15) is 0 Å². The molecule has 0 unspecified atom stereocenters. The molecule has 1 N–H and O–H groups in total. The summed E-state index contributed by atoms with van der Waals surface area (Å²) in [6, 6.07) is 2.65. The summed E-state index contributed by atoms with van der Waals surface area (Å²) >= 11 is 0. The number of likely N-dealkylation sites (tertiary alicyclic amines) is 1. The normalized spacial score (nSPS) is 26.3. The molecule has 1 aromatic rings. The van der Waals surface area contributed by atoms with Crippen LogP contribution in [0.4, 0.5) is 0 Å². The highest BCUT2D eigenvalue weighted by atomic mass is 16.1. The highest BCUT2D eigenvalue weighted by Crippen LogP contribution is 2.38. The molecule has 2 fully saturated rings. The number of hydrogen-bond acceptors (Lipinski definition) is 4. The van der Waals surface area contributed by atoms with Gasteiger partial charge in [0.25, 0.3) is 5.91 Å². The number of nitrogens with one attached hydrogen (secondary N) is 1. The second-order valence-corrected chi connectivity index (χ2v) is 6.75. The van der Waals surface area contributed by atoms with E-state index in [1.807, 2.05) is 6.07 Å². The molecule has 0 bridgehead atoms. The Kier molecular flexibility index (Phi) is 3.93. The zero-order valence-corrected chi connectivity index (χ0v) is 13.0. The number of amides is 1. The molecule has 114 valence electrons. The fraction of sp³-hybridized carbons (Fsp3) is 0.688. The van der Waals surface area contributed by atoms with E-state index in [2.05, 4.69) is 41.2 Å². The van der Waals surface area contributed by atoms with Crippen LogP contribution in [0, 0.1) is 5.92 Å². The first-order valence-corrected chi connectivity index (χ1v) is 7.92. The Hall–Kier alpha value is -1.49. The Morgan fingerprint density at radius 3 is 2.76 bits per heavy atom. The van der Waals surface area contributed by atoms with Crippen molar-refractivity contribution >= 4 is 5.91 Å². The van der Waals surface area contributed by atoms with E-state index in [0.29, 0.717) is 23.4 Å². The van der Waals surface area contributed by atoms with Gasteiger partial charge in [0.2, 0.25) is 0 Å². The minimum absolute atomic E-state index is 0.0192. The van der Waals surface area contributed by atoms with Crippen LogP contribution >= 0.6 is 0 Å². The van der Waals surface area contributed by atoms with Gasteiger partial charge in [-0.1, -0.05) is 6.92 Å². The van der Waals surface area contributed by atoms with Crippen molar-refractivity contribution in [1.82, 2.24) is 20.4 Å². The lowest BCUT2D eigenvalue weighted by molar-refractivity contribution is 0.0930. The topological polar surface area (TPSA) is 58.1 Å². The Morgan fingerprint density at radius 1 is 1.38 bits per heavy atom. The average Bonchev–Trinajstić information content (AvgIpc) is 3.24. The number of hydrogen-bond donors (Lipinski definition) is 1. The molecule has 2 aliphatic rings. The van der Waals surface area contributed by atoms with Crippen LogP contribution in [-0.2, 0) is 0 Å². The van der Waals surface area contributed by atoms with Crippen LogP contribution in [0.1, 0.15) is 55.6 Å². The SMILES string of the molecule is CC(C)N1C[C@@H](C)[C@@H](NC(=O)c2cnnc(C3CC3)c2)C1. The summed E-state index contributed by atoms with van der Waals surface area (Å²) in [5, 5.41) is 11.3. The molecule has 2 atom stereocenters. The van der Waals surface area contributed by atoms with Gasteiger partial charge in [0, 0.05) is 31.1 Å². The van der Waals surface area contributed by atoms with E-state index in [4.69, 9.17) is 0 Å². The van der Waals surface area contributed by atoms with Gasteiger partial charge in [-0.2, -0.15) is 10.2 Å². The monoisotopic (exact) mass is 288 g/mol. The highest BCUT2D eigenvalue weighted by molar-refractivity contribution is 5.94. The first-order chi connectivity index (χ1) is 10.0. The van der Waals surface area contributed by atoms with Gasteiger partial charge in [-0.05, 0) is 38.7 Å². The molecule has 0 radical (unpaired) electrons. The first kappa shape index (κ1) is 14.4. The fourth-order valence-electron chi connectivity index (χ4n) is 2.95. The second-order valence-electron chi connectivity index (χ2n) is 6.75. The number of aromatic nitrogens is 2. The second kappa shape index (κ2) is 5.72. The van der Waals surface area contributed by atoms with Crippen LogP contribution in [0.5, 0.6) is 0 Å². The van der Waals surface area contributed by atoms with Crippen LogP contribution in [-0.4, -0.2) is 46.2 Å². The van der Waals surface area contributed by atoms with E-state index in [0.717, 1.165) is 18.8 Å². The molecule has 21 heavy (non-hydrogen) atoms. The van der Waals surface area contributed by atoms with Crippen molar-refractivity contribution in [1.29, 1.82) is 0 Å². The van der Waals surface area contributed by atoms with Gasteiger partial charge >= 0.3 is 0 Å². The van der Waals surface area contributed by atoms with Crippen LogP contribution in [0.25, 0.3) is 0 Å². The largest absolute Gasteiger partial charge is 0.348 e. The smallest absolute Gasteiger partial charge is 0.253 e. The van der Waals surface area contributed by atoms with Crippen molar-refractivity contribution in [2.75, 3.05) is 13.1 Å². The highest BCUT2D eigenvalue weighted by Gasteiger charge is 2.32. The Bertz CT molecular complexity index is 527. The van der Waals surface area contributed by atoms with Crippen LogP contribution in [0.2, 0.25) is 0 Å². The summed E-state index contributed by atoms with van der Waals surface area (Å²) in [6.45, 7) is 8.58. The maximum atomic E-state index is 12.4. The molecule has 5 nitrogen and oxygen atoms in total. The summed E-state index contributed by atoms with van der Waals surface area (Å²) in [7, 11) is 0. The molecule has 1 aromatic heterocycles. The molecule has 1 amide bonds. The third-order valence-electron chi connectivity index (χ3n) is 4.62. The van der Waals surface area contributed by atoms with E-state index < -0.39 is 0 Å². The van der Waals surface area contributed by atoms with Gasteiger partial charge in [-0.15, -0.1) is 0 Å². The lowest BCUT2D eigenvalue weighted by Gasteiger charge is -2.20. The maximum absolute atomic E-state index is 12.4. The van der Waals surface area contributed by atoms with E-state index in [9.17, 15) is 4.79 Å². The fourth-order valence-corrected chi connectivity index (χ4v) is 2.95. The quantitative estimate of drug-likeness (QED) is 0.918. The van der Waals surface area contributed by atoms with Gasteiger partial charge in [0.15, 0.2) is 0 Å². The van der Waals surface area contributed by atoms with Crippen molar-refractivity contribution in [3.63, 3.8) is 0 Å². The molecular formula is C16H24N4O. The van der Waals surface area contributed by atoms with Crippen LogP contribution < -0.4 is 5.32 Å². The third-order valence-corrected chi connectivity index (χ3v) is 4.62. The van der Waals surface area contributed by atoms with Crippen molar-refractivity contribution in [3.05, 3.63) is 23.5 Å². The van der Waals surface area contributed by atoms with Gasteiger partial charge in [-0.3, -0.25) is 9.69 Å². The number of carbonyl (C=O) groups is 1. The molecular weight excluding hydrogens is 264 g/mol. The Morgan fingerprint density at radius 2 is 2.14 bits per heavy atom. The molecule has 1 aliphatic heterocycles. The molecule has 2 heterocycles. The summed E-state index contributed by atoms with van der Waals surface area (Å²) in [5.41, 5.74) is 1.60. The van der Waals surface area contributed by atoms with Crippen molar-refractivity contribution in [3.8, 4) is 0 Å². The predicted molar refractivity (Wildman–Crippen MR) is 81.1 cm³/mol. The van der Waals surface area contributed by atoms with E-state index in [1.165, 1.54) is 12.8 Å². The zero-order chi connectivity index (χ0) is 15.0. The molecule has 1 saturated heterocycles. The van der Waals surface area contributed by atoms with Crippen molar-refractivity contribution in [2.24, 2.45) is 5.92 Å². The lowest BCUT2D eigenvalue weighted by atomic mass is 10.1. The van der Waals surface area contributed by atoms with Crippen LogP contribution in [0.3, 0.4) is 0 Å². The van der Waals surface area contributed by atoms with Crippen LogP contribution in [0.15, 0.2) is 12.3 Å². The summed E-state index contributed by atoms with van der Waals surface area (Å²) in [4.78, 5) is 14.8. The number of nitrogens with zero attached hydrogens (tertiary/aromatic N) is 3. The Labute approximate surface area is 126 Å². The van der Waals surface area contributed by atoms with E-state index in [-0.39, 0.29) is 11.9 Å². The van der Waals surface area contributed by atoms with Crippen molar-refractivity contribution < 1.29 is 4.79 Å². The maximum Gasteiger partial charge on any atom is 0.253 e. The zero-order valence-electron chi connectivity index (χ0n) is 13.0. The summed E-state index contributed by atoms with van der Waals surface area (Å²) in [6.07, 6.45) is 3.91. The summed E-state index contributed by atoms with van der Waals surface area (Å²) < 4.78 is 0. The number of rotatable bonds is 4. The minimum Gasteiger partial charge on any atom is -0.348 e. The molecule has 1 aliphatic carbocycles. The van der Waals surface area contributed by atoms with Crippen molar-refractivity contribution in [2.45, 2.75) is 51.6 Å². The third kappa shape index (κ3) is 3.23. The average molecular weight is 288 g/mol.